The summed E-state index contributed by atoms with van der Waals surface area (Å²) in [6, 6.07) is 16.9. The van der Waals surface area contributed by atoms with Crippen LogP contribution in [0.3, 0.4) is 0 Å². The van der Waals surface area contributed by atoms with Crippen molar-refractivity contribution in [2.75, 3.05) is 5.32 Å². The van der Waals surface area contributed by atoms with Gasteiger partial charge in [0.15, 0.2) is 0 Å². The zero-order chi connectivity index (χ0) is 16.9. The van der Waals surface area contributed by atoms with Crippen LogP contribution in [-0.4, -0.2) is 21.4 Å². The highest BCUT2D eigenvalue weighted by Crippen LogP contribution is 2.27. The van der Waals surface area contributed by atoms with Crippen molar-refractivity contribution in [3.05, 3.63) is 59.1 Å². The van der Waals surface area contributed by atoms with Gasteiger partial charge in [0.05, 0.1) is 5.25 Å². The van der Waals surface area contributed by atoms with Crippen molar-refractivity contribution in [3.8, 4) is 11.5 Å². The first-order valence-corrected chi connectivity index (χ1v) is 8.91. The first-order chi connectivity index (χ1) is 11.6. The Kier molecular flexibility index (Phi) is 5.32. The van der Waals surface area contributed by atoms with Gasteiger partial charge in [0.1, 0.15) is 0 Å². The number of thioether (sulfide) groups is 1. The van der Waals surface area contributed by atoms with Crippen LogP contribution in [0.4, 0.5) is 5.69 Å². The van der Waals surface area contributed by atoms with Gasteiger partial charge in [0.25, 0.3) is 5.22 Å². The molecule has 0 saturated heterocycles. The van der Waals surface area contributed by atoms with Gasteiger partial charge in [-0.3, -0.25) is 4.79 Å². The Morgan fingerprint density at radius 2 is 1.83 bits per heavy atom. The fourth-order valence-electron chi connectivity index (χ4n) is 1.94. The number of para-hydroxylation sites is 1. The summed E-state index contributed by atoms with van der Waals surface area (Å²) in [6.45, 7) is 1.80. The molecule has 3 aromatic rings. The van der Waals surface area contributed by atoms with E-state index in [1.807, 2.05) is 54.6 Å². The number of rotatable bonds is 5. The molecule has 0 aliphatic carbocycles. The number of aromatic nitrogens is 2. The third kappa shape index (κ3) is 4.24. The highest BCUT2D eigenvalue weighted by Gasteiger charge is 2.18. The van der Waals surface area contributed by atoms with E-state index in [4.69, 9.17) is 4.42 Å². The molecule has 0 bridgehead atoms. The summed E-state index contributed by atoms with van der Waals surface area (Å²) in [5.74, 6) is 0.315. The topological polar surface area (TPSA) is 68.0 Å². The largest absolute Gasteiger partial charge is 0.411 e. The standard InChI is InChI=1S/C17H14BrN3O2S/c1-11(15(22)19-14-5-3-2-4-6-14)24-17-21-20-16(23-17)12-7-9-13(18)10-8-12/h2-11H,1H3,(H,19,22)/t11-/m0/s1. The average Bonchev–Trinajstić information content (AvgIpc) is 3.05. The van der Waals surface area contributed by atoms with E-state index in [1.165, 1.54) is 11.8 Å². The number of nitrogens with one attached hydrogen (secondary N) is 1. The highest BCUT2D eigenvalue weighted by atomic mass is 79.9. The second-order valence-electron chi connectivity index (χ2n) is 5.00. The molecule has 7 heteroatoms. The number of hydrogen-bond acceptors (Lipinski definition) is 5. The first-order valence-electron chi connectivity index (χ1n) is 7.24. The molecule has 1 aromatic heterocycles. The van der Waals surface area contributed by atoms with Crippen molar-refractivity contribution < 1.29 is 9.21 Å². The summed E-state index contributed by atoms with van der Waals surface area (Å²) in [4.78, 5) is 12.2. The maximum Gasteiger partial charge on any atom is 0.277 e. The minimum absolute atomic E-state index is 0.116. The summed E-state index contributed by atoms with van der Waals surface area (Å²) in [5.41, 5.74) is 1.59. The summed E-state index contributed by atoms with van der Waals surface area (Å²) in [5, 5.41) is 10.9. The number of anilines is 1. The number of nitrogens with zero attached hydrogens (tertiary/aromatic N) is 2. The number of hydrogen-bond donors (Lipinski definition) is 1. The lowest BCUT2D eigenvalue weighted by Gasteiger charge is -2.09. The van der Waals surface area contributed by atoms with E-state index >= 15 is 0 Å². The van der Waals surface area contributed by atoms with Crippen LogP contribution in [0.1, 0.15) is 6.92 Å². The molecule has 0 saturated carbocycles. The Bertz CT molecular complexity index is 821. The fraction of sp³-hybridized carbons (Fsp3) is 0.118. The molecule has 2 aromatic carbocycles. The molecule has 0 fully saturated rings. The van der Waals surface area contributed by atoms with Crippen LogP contribution in [0.2, 0.25) is 0 Å². The fourth-order valence-corrected chi connectivity index (χ4v) is 2.88. The average molecular weight is 404 g/mol. The van der Waals surface area contributed by atoms with Crippen molar-refractivity contribution >= 4 is 39.3 Å². The Balaban J connectivity index is 1.63. The third-order valence-electron chi connectivity index (χ3n) is 3.19. The molecule has 0 radical (unpaired) electrons. The minimum Gasteiger partial charge on any atom is -0.411 e. The number of carbonyl (C=O) groups excluding carboxylic acids is 1. The van der Waals surface area contributed by atoms with Gasteiger partial charge in [0.2, 0.25) is 11.8 Å². The van der Waals surface area contributed by atoms with E-state index in [0.29, 0.717) is 11.1 Å². The van der Waals surface area contributed by atoms with E-state index in [1.54, 1.807) is 6.92 Å². The van der Waals surface area contributed by atoms with Crippen LogP contribution in [0.15, 0.2) is 68.7 Å². The lowest BCUT2D eigenvalue weighted by Crippen LogP contribution is -2.22. The number of amides is 1. The molecular weight excluding hydrogens is 390 g/mol. The van der Waals surface area contributed by atoms with Gasteiger partial charge < -0.3 is 9.73 Å². The van der Waals surface area contributed by atoms with E-state index < -0.39 is 0 Å². The van der Waals surface area contributed by atoms with E-state index in [0.717, 1.165) is 15.7 Å². The van der Waals surface area contributed by atoms with Crippen molar-refractivity contribution in [1.29, 1.82) is 0 Å². The molecule has 5 nitrogen and oxygen atoms in total. The lowest BCUT2D eigenvalue weighted by molar-refractivity contribution is -0.115. The Morgan fingerprint density at radius 1 is 1.12 bits per heavy atom. The quantitative estimate of drug-likeness (QED) is 0.629. The molecule has 0 unspecified atom stereocenters. The van der Waals surface area contributed by atoms with Crippen molar-refractivity contribution in [2.24, 2.45) is 0 Å². The molecule has 1 atom stereocenters. The second-order valence-corrected chi connectivity index (χ2v) is 7.20. The van der Waals surface area contributed by atoms with Crippen LogP contribution in [0.5, 0.6) is 0 Å². The maximum absolute atomic E-state index is 12.2. The molecule has 0 aliphatic heterocycles. The van der Waals surface area contributed by atoms with Gasteiger partial charge >= 0.3 is 0 Å². The predicted molar refractivity (Wildman–Crippen MR) is 97.8 cm³/mol. The van der Waals surface area contributed by atoms with Crippen LogP contribution < -0.4 is 5.32 Å². The molecule has 24 heavy (non-hydrogen) atoms. The van der Waals surface area contributed by atoms with Gasteiger partial charge in [-0.05, 0) is 43.3 Å². The third-order valence-corrected chi connectivity index (χ3v) is 4.65. The molecule has 1 heterocycles. The molecule has 1 N–H and O–H groups in total. The zero-order valence-corrected chi connectivity index (χ0v) is 15.2. The van der Waals surface area contributed by atoms with E-state index in [2.05, 4.69) is 31.4 Å². The Labute approximate surface area is 152 Å². The van der Waals surface area contributed by atoms with Gasteiger partial charge in [0, 0.05) is 15.7 Å². The molecular formula is C17H14BrN3O2S. The highest BCUT2D eigenvalue weighted by molar-refractivity contribution is 9.10. The molecule has 1 amide bonds. The molecule has 3 rings (SSSR count). The summed E-state index contributed by atoms with van der Waals surface area (Å²) >= 11 is 4.61. The van der Waals surface area contributed by atoms with Crippen molar-refractivity contribution in [3.63, 3.8) is 0 Å². The smallest absolute Gasteiger partial charge is 0.277 e. The SMILES string of the molecule is C[C@H](Sc1nnc(-c2ccc(Br)cc2)o1)C(=O)Nc1ccccc1. The van der Waals surface area contributed by atoms with Crippen LogP contribution >= 0.6 is 27.7 Å². The lowest BCUT2D eigenvalue weighted by atomic mass is 10.2. The van der Waals surface area contributed by atoms with Gasteiger partial charge in [-0.25, -0.2) is 0 Å². The number of halogens is 1. The zero-order valence-electron chi connectivity index (χ0n) is 12.8. The van der Waals surface area contributed by atoms with Crippen LogP contribution in [-0.2, 0) is 4.79 Å². The van der Waals surface area contributed by atoms with E-state index in [-0.39, 0.29) is 11.2 Å². The summed E-state index contributed by atoms with van der Waals surface area (Å²) < 4.78 is 6.60. The normalized spacial score (nSPS) is 11.9. The summed E-state index contributed by atoms with van der Waals surface area (Å²) in [6.07, 6.45) is 0. The van der Waals surface area contributed by atoms with Crippen LogP contribution in [0.25, 0.3) is 11.5 Å². The predicted octanol–water partition coefficient (Wildman–Crippen LogP) is 4.62. The number of benzene rings is 2. The van der Waals surface area contributed by atoms with Gasteiger partial charge in [-0.1, -0.05) is 45.9 Å². The molecule has 0 spiro atoms. The minimum atomic E-state index is -0.358. The number of carbonyl (C=O) groups is 1. The monoisotopic (exact) mass is 403 g/mol. The van der Waals surface area contributed by atoms with Gasteiger partial charge in [-0.15, -0.1) is 10.2 Å². The molecule has 0 aliphatic rings. The summed E-state index contributed by atoms with van der Waals surface area (Å²) in [7, 11) is 0. The van der Waals surface area contributed by atoms with Crippen molar-refractivity contribution in [2.45, 2.75) is 17.4 Å². The van der Waals surface area contributed by atoms with Gasteiger partial charge in [-0.2, -0.15) is 0 Å². The second kappa shape index (κ2) is 7.63. The maximum atomic E-state index is 12.2. The molecule has 122 valence electrons. The van der Waals surface area contributed by atoms with E-state index in [9.17, 15) is 4.79 Å². The first kappa shape index (κ1) is 16.7. The Morgan fingerprint density at radius 3 is 2.54 bits per heavy atom. The van der Waals surface area contributed by atoms with Crippen LogP contribution in [0, 0.1) is 0 Å². The van der Waals surface area contributed by atoms with Crippen molar-refractivity contribution in [1.82, 2.24) is 10.2 Å². The Hall–Kier alpha value is -2.12.